The molecule has 59 heavy (non-hydrogen) atoms. The molecule has 0 radical (unpaired) electrons. The van der Waals surface area contributed by atoms with Crippen molar-refractivity contribution in [1.29, 1.82) is 0 Å². The minimum absolute atomic E-state index is 0.297. The van der Waals surface area contributed by atoms with Crippen molar-refractivity contribution in [1.82, 2.24) is 19.9 Å². The Morgan fingerprint density at radius 2 is 0.814 bits per heavy atom. The molecule has 0 unspecified atom stereocenters. The zero-order valence-electron chi connectivity index (χ0n) is 28.3. The summed E-state index contributed by atoms with van der Waals surface area (Å²) >= 11 is 0. The molecular weight excluding hydrogens is 829 g/mol. The van der Waals surface area contributed by atoms with Crippen molar-refractivity contribution < 1.29 is 75.8 Å². The number of carboxylic acid groups (broad SMARTS) is 1. The van der Waals surface area contributed by atoms with Gasteiger partial charge in [-0.3, -0.25) is 0 Å². The van der Waals surface area contributed by atoms with E-state index in [1.807, 2.05) is 0 Å². The SMILES string of the molecule is O=C(O)c1cc2[nH]c1c(-c1c(F)c(F)c(F)c(F)c1F)c1nc(c(-c3c(F)c(F)c(F)c(F)c3F)c3[nH]c(c(-c4c(F)c(F)c(F)c(F)c4F)c4ccc2[nH]4)CC3)C=C1. The average molecular weight is 843 g/mol. The van der Waals surface area contributed by atoms with Crippen LogP contribution in [0.15, 0.2) is 18.2 Å². The molecule has 0 aliphatic carbocycles. The molecule has 3 aromatic heterocycles. The molecule has 6 aromatic rings. The maximum atomic E-state index is 15.7. The molecule has 0 spiro atoms. The number of nitrogens with one attached hydrogen (secondary N) is 3. The number of benzene rings is 3. The van der Waals surface area contributed by atoms with Gasteiger partial charge in [0.05, 0.1) is 50.2 Å². The Morgan fingerprint density at radius 3 is 1.27 bits per heavy atom. The number of H-pyrrole nitrogens is 3. The van der Waals surface area contributed by atoms with E-state index in [2.05, 4.69) is 19.9 Å². The smallest absolute Gasteiger partial charge is 0.337 e. The van der Waals surface area contributed by atoms with Crippen molar-refractivity contribution in [3.63, 3.8) is 0 Å². The van der Waals surface area contributed by atoms with Gasteiger partial charge in [-0.25, -0.2) is 75.6 Å². The summed E-state index contributed by atoms with van der Waals surface area (Å²) in [5.41, 5.74) is -14.4. The molecule has 0 amide bonds. The minimum atomic E-state index is -2.64. The summed E-state index contributed by atoms with van der Waals surface area (Å²) < 4.78 is 225. The van der Waals surface area contributed by atoms with Crippen LogP contribution in [0, 0.1) is 87.3 Å². The number of aromatic amines is 3. The lowest BCUT2D eigenvalue weighted by Crippen LogP contribution is -2.07. The number of halogens is 15. The van der Waals surface area contributed by atoms with Gasteiger partial charge >= 0.3 is 5.97 Å². The van der Waals surface area contributed by atoms with E-state index in [9.17, 15) is 49.4 Å². The van der Waals surface area contributed by atoms with Crippen LogP contribution in [0.25, 0.3) is 67.6 Å². The molecule has 0 atom stereocenters. The third-order valence-corrected chi connectivity index (χ3v) is 9.61. The van der Waals surface area contributed by atoms with Crippen LogP contribution in [0.1, 0.15) is 33.1 Å². The molecule has 4 N–H and O–H groups in total. The molecular formula is C38H13F15N4O2. The van der Waals surface area contributed by atoms with Gasteiger partial charge in [0.15, 0.2) is 69.8 Å². The fraction of sp³-hybridized carbons (Fsp3) is 0.0526. The quantitative estimate of drug-likeness (QED) is 0.0807. The number of aromatic carboxylic acids is 1. The number of fused-ring (bicyclic) bond motifs is 9. The van der Waals surface area contributed by atoms with Crippen LogP contribution in [-0.4, -0.2) is 31.0 Å². The highest BCUT2D eigenvalue weighted by atomic mass is 19.2. The summed E-state index contributed by atoms with van der Waals surface area (Å²) in [7, 11) is 0. The van der Waals surface area contributed by atoms with Crippen molar-refractivity contribution in [2.45, 2.75) is 12.8 Å². The number of hydrogen-bond donors (Lipinski definition) is 4. The predicted octanol–water partition coefficient (Wildman–Crippen LogP) is 11.0. The van der Waals surface area contributed by atoms with E-state index in [0.29, 0.717) is 12.2 Å². The van der Waals surface area contributed by atoms with Crippen molar-refractivity contribution in [2.24, 2.45) is 0 Å². The van der Waals surface area contributed by atoms with Crippen molar-refractivity contribution >= 4 is 40.2 Å². The zero-order chi connectivity index (χ0) is 42.7. The largest absolute Gasteiger partial charge is 0.478 e. The molecule has 2 aliphatic rings. The second-order valence-corrected chi connectivity index (χ2v) is 12.8. The first-order valence-corrected chi connectivity index (χ1v) is 16.3. The lowest BCUT2D eigenvalue weighted by molar-refractivity contribution is 0.0699. The van der Waals surface area contributed by atoms with Gasteiger partial charge in [0.1, 0.15) is 0 Å². The standard InChI is InChI=1S/C38H13F15N4O2/c39-22-19(23(40)29(46)34(51)28(22)45)16-10-2-1-9(54-10)15-7-8(38(58)59)37(57-15)18(21-26(43)32(49)36(53)33(50)27(21)44)14-6-5-13(56-14)17(12-4-3-11(16)55-12)20-24(41)30(47)35(52)31(48)25(20)42/h1-2,5-7,54-55,57H,3-4H2,(H,58,59). The van der Waals surface area contributed by atoms with E-state index >= 15 is 26.3 Å². The normalized spacial score (nSPS) is 12.6. The average Bonchev–Trinajstić information content (AvgIpc) is 4.05. The van der Waals surface area contributed by atoms with E-state index in [1.54, 1.807) is 0 Å². The van der Waals surface area contributed by atoms with Gasteiger partial charge in [-0.15, -0.1) is 0 Å². The molecule has 8 bridgehead atoms. The fourth-order valence-electron chi connectivity index (χ4n) is 6.97. The predicted molar refractivity (Wildman–Crippen MR) is 177 cm³/mol. The molecule has 0 saturated heterocycles. The summed E-state index contributed by atoms with van der Waals surface area (Å²) in [4.78, 5) is 24.1. The summed E-state index contributed by atoms with van der Waals surface area (Å²) in [6, 6.07) is 2.75. The first-order valence-electron chi connectivity index (χ1n) is 16.3. The first kappa shape index (κ1) is 38.9. The van der Waals surface area contributed by atoms with Crippen LogP contribution in [0.4, 0.5) is 65.9 Å². The van der Waals surface area contributed by atoms with Crippen LogP contribution in [0.2, 0.25) is 0 Å². The Kier molecular flexibility index (Phi) is 8.96. The lowest BCUT2D eigenvalue weighted by atomic mass is 9.98. The van der Waals surface area contributed by atoms with Gasteiger partial charge in [-0.2, -0.15) is 0 Å². The van der Waals surface area contributed by atoms with Gasteiger partial charge in [0, 0.05) is 33.6 Å². The van der Waals surface area contributed by atoms with Gasteiger partial charge < -0.3 is 20.1 Å². The molecule has 6 nitrogen and oxygen atoms in total. The summed E-state index contributed by atoms with van der Waals surface area (Å²) in [5, 5.41) is 10.2. The van der Waals surface area contributed by atoms with Gasteiger partial charge in [-0.1, -0.05) is 0 Å². The molecule has 8 rings (SSSR count). The monoisotopic (exact) mass is 842 g/mol. The number of hydrogen-bond acceptors (Lipinski definition) is 2. The second kappa shape index (κ2) is 13.6. The zero-order valence-corrected chi connectivity index (χ0v) is 28.3. The van der Waals surface area contributed by atoms with Crippen molar-refractivity contribution in [2.75, 3.05) is 0 Å². The van der Waals surface area contributed by atoms with Gasteiger partial charge in [0.25, 0.3) is 0 Å². The lowest BCUT2D eigenvalue weighted by Gasteiger charge is -2.12. The maximum absolute atomic E-state index is 15.7. The highest BCUT2D eigenvalue weighted by Gasteiger charge is 2.35. The summed E-state index contributed by atoms with van der Waals surface area (Å²) in [6.07, 6.45) is 0.228. The van der Waals surface area contributed by atoms with Crippen LogP contribution in [0.5, 0.6) is 0 Å². The fourth-order valence-corrected chi connectivity index (χ4v) is 6.97. The molecule has 0 saturated carbocycles. The molecule has 21 heteroatoms. The molecule has 5 heterocycles. The molecule has 0 fully saturated rings. The third kappa shape index (κ3) is 5.61. The van der Waals surface area contributed by atoms with E-state index in [1.165, 1.54) is 0 Å². The van der Waals surface area contributed by atoms with Gasteiger partial charge in [-0.05, 0) is 43.2 Å². The number of nitrogens with zero attached hydrogens (tertiary/aromatic N) is 1. The number of aryl methyl sites for hydroxylation is 2. The van der Waals surface area contributed by atoms with Crippen LogP contribution >= 0.6 is 0 Å². The number of carbonyl (C=O) groups is 1. The Morgan fingerprint density at radius 1 is 0.441 bits per heavy atom. The van der Waals surface area contributed by atoms with E-state index < -0.39 is 184 Å². The Balaban J connectivity index is 1.68. The summed E-state index contributed by atoms with van der Waals surface area (Å²) in [5.74, 6) is -39.6. The van der Waals surface area contributed by atoms with E-state index in [4.69, 9.17) is 0 Å². The Bertz CT molecular complexity index is 3020. The third-order valence-electron chi connectivity index (χ3n) is 9.61. The topological polar surface area (TPSA) is 97.6 Å². The number of rotatable bonds is 4. The van der Waals surface area contributed by atoms with Crippen molar-refractivity contribution in [3.8, 4) is 33.4 Å². The van der Waals surface area contributed by atoms with E-state index in [0.717, 1.165) is 18.2 Å². The highest BCUT2D eigenvalue weighted by molar-refractivity contribution is 6.06. The first-order chi connectivity index (χ1) is 27.8. The molecule has 3 aromatic carbocycles. The molecule has 2 aliphatic heterocycles. The van der Waals surface area contributed by atoms with Gasteiger partial charge in [0.2, 0.25) is 17.5 Å². The van der Waals surface area contributed by atoms with Crippen LogP contribution in [-0.2, 0) is 12.8 Å². The minimum Gasteiger partial charge on any atom is -0.478 e. The Hall–Kier alpha value is -6.93. The number of carboxylic acids is 1. The van der Waals surface area contributed by atoms with Crippen LogP contribution < -0.4 is 0 Å². The van der Waals surface area contributed by atoms with Crippen LogP contribution in [0.3, 0.4) is 0 Å². The number of aromatic nitrogens is 4. The van der Waals surface area contributed by atoms with Crippen molar-refractivity contribution in [3.05, 3.63) is 134 Å². The molecule has 302 valence electrons. The maximum Gasteiger partial charge on any atom is 0.337 e. The Labute approximate surface area is 315 Å². The highest BCUT2D eigenvalue weighted by Crippen LogP contribution is 2.43. The van der Waals surface area contributed by atoms with E-state index in [-0.39, 0.29) is 5.52 Å². The summed E-state index contributed by atoms with van der Waals surface area (Å²) in [6.45, 7) is 0. The second-order valence-electron chi connectivity index (χ2n) is 12.8.